The number of nitrogens with one attached hydrogen (secondary N) is 2. The minimum absolute atomic E-state index is 0.00352. The summed E-state index contributed by atoms with van der Waals surface area (Å²) < 4.78 is 0. The first-order valence-corrected chi connectivity index (χ1v) is 8.28. The van der Waals surface area contributed by atoms with E-state index < -0.39 is 0 Å². The third kappa shape index (κ3) is 2.37. The van der Waals surface area contributed by atoms with Gasteiger partial charge in [0, 0.05) is 24.7 Å². The molecular formula is C16H29N3O. The highest BCUT2D eigenvalue weighted by Gasteiger charge is 2.51. The van der Waals surface area contributed by atoms with Crippen molar-refractivity contribution in [3.05, 3.63) is 0 Å². The summed E-state index contributed by atoms with van der Waals surface area (Å²) in [5, 5.41) is 6.76. The zero-order chi connectivity index (χ0) is 14.3. The summed E-state index contributed by atoms with van der Waals surface area (Å²) in [6.45, 7) is 9.98. The summed E-state index contributed by atoms with van der Waals surface area (Å²) in [4.78, 5) is 15.0. The van der Waals surface area contributed by atoms with Crippen molar-refractivity contribution >= 4 is 5.91 Å². The van der Waals surface area contributed by atoms with Crippen LogP contribution >= 0.6 is 0 Å². The van der Waals surface area contributed by atoms with Crippen LogP contribution < -0.4 is 10.6 Å². The Morgan fingerprint density at radius 3 is 2.65 bits per heavy atom. The van der Waals surface area contributed by atoms with Crippen molar-refractivity contribution in [2.75, 3.05) is 19.6 Å². The van der Waals surface area contributed by atoms with Crippen LogP contribution in [0.25, 0.3) is 0 Å². The van der Waals surface area contributed by atoms with Crippen molar-refractivity contribution in [1.29, 1.82) is 0 Å². The van der Waals surface area contributed by atoms with Gasteiger partial charge in [0.15, 0.2) is 0 Å². The molecule has 4 nitrogen and oxygen atoms in total. The van der Waals surface area contributed by atoms with Crippen LogP contribution in [0.3, 0.4) is 0 Å². The quantitative estimate of drug-likeness (QED) is 0.820. The first-order chi connectivity index (χ1) is 9.50. The molecule has 2 aliphatic heterocycles. The van der Waals surface area contributed by atoms with Gasteiger partial charge in [0.1, 0.15) is 0 Å². The molecule has 20 heavy (non-hydrogen) atoms. The highest BCUT2D eigenvalue weighted by atomic mass is 16.2. The fourth-order valence-corrected chi connectivity index (χ4v) is 4.64. The Bertz CT molecular complexity index is 376. The van der Waals surface area contributed by atoms with E-state index in [1.165, 1.54) is 12.8 Å². The zero-order valence-corrected chi connectivity index (χ0v) is 13.1. The van der Waals surface area contributed by atoms with Crippen LogP contribution in [0, 0.1) is 11.8 Å². The third-order valence-electron chi connectivity index (χ3n) is 5.97. The molecule has 114 valence electrons. The minimum Gasteiger partial charge on any atom is -0.352 e. The number of nitrogens with zero attached hydrogens (tertiary/aromatic N) is 1. The molecule has 0 aromatic rings. The van der Waals surface area contributed by atoms with Gasteiger partial charge in [-0.2, -0.15) is 0 Å². The fourth-order valence-electron chi connectivity index (χ4n) is 4.64. The predicted molar refractivity (Wildman–Crippen MR) is 80.5 cm³/mol. The van der Waals surface area contributed by atoms with Gasteiger partial charge in [0.25, 0.3) is 0 Å². The van der Waals surface area contributed by atoms with Gasteiger partial charge in [-0.15, -0.1) is 0 Å². The van der Waals surface area contributed by atoms with Gasteiger partial charge in [-0.25, -0.2) is 0 Å². The second kappa shape index (κ2) is 5.30. The fraction of sp³-hybridized carbons (Fsp3) is 0.938. The van der Waals surface area contributed by atoms with E-state index in [-0.39, 0.29) is 17.5 Å². The summed E-state index contributed by atoms with van der Waals surface area (Å²) >= 11 is 0. The molecule has 2 N–H and O–H groups in total. The maximum atomic E-state index is 12.5. The zero-order valence-electron chi connectivity index (χ0n) is 13.1. The lowest BCUT2D eigenvalue weighted by Crippen LogP contribution is -2.55. The maximum Gasteiger partial charge on any atom is 0.237 e. The average Bonchev–Trinajstić information content (AvgIpc) is 3.08. The molecule has 3 unspecified atom stereocenters. The molecule has 0 aromatic heterocycles. The largest absolute Gasteiger partial charge is 0.352 e. The molecule has 1 aliphatic carbocycles. The Kier molecular flexibility index (Phi) is 3.80. The van der Waals surface area contributed by atoms with Gasteiger partial charge in [-0.1, -0.05) is 12.8 Å². The summed E-state index contributed by atoms with van der Waals surface area (Å²) in [7, 11) is 0. The molecule has 0 spiro atoms. The van der Waals surface area contributed by atoms with E-state index in [4.69, 9.17) is 0 Å². The Balaban J connectivity index is 1.64. The molecule has 0 radical (unpaired) electrons. The van der Waals surface area contributed by atoms with Crippen molar-refractivity contribution in [2.24, 2.45) is 11.8 Å². The molecule has 3 rings (SSSR count). The van der Waals surface area contributed by atoms with Crippen LogP contribution in [0.2, 0.25) is 0 Å². The number of hydrogen-bond donors (Lipinski definition) is 2. The first kappa shape index (κ1) is 14.3. The second-order valence-corrected chi connectivity index (χ2v) is 7.50. The van der Waals surface area contributed by atoms with Crippen molar-refractivity contribution in [3.8, 4) is 0 Å². The highest BCUT2D eigenvalue weighted by Crippen LogP contribution is 2.41. The second-order valence-electron chi connectivity index (χ2n) is 7.50. The number of likely N-dealkylation sites (tertiary alicyclic amines) is 1. The number of amides is 1. The third-order valence-corrected chi connectivity index (χ3v) is 5.97. The van der Waals surface area contributed by atoms with Crippen molar-refractivity contribution in [3.63, 3.8) is 0 Å². The van der Waals surface area contributed by atoms with Crippen LogP contribution in [0.1, 0.15) is 46.5 Å². The number of fused-ring (bicyclic) bond motifs is 1. The molecule has 0 bridgehead atoms. The van der Waals surface area contributed by atoms with E-state index in [2.05, 4.69) is 36.3 Å². The average molecular weight is 279 g/mol. The number of hydrogen-bond acceptors (Lipinski definition) is 3. The van der Waals surface area contributed by atoms with Crippen LogP contribution in [0.15, 0.2) is 0 Å². The Morgan fingerprint density at radius 2 is 2.00 bits per heavy atom. The van der Waals surface area contributed by atoms with Gasteiger partial charge in [0.2, 0.25) is 5.91 Å². The van der Waals surface area contributed by atoms with E-state index in [1.54, 1.807) is 0 Å². The standard InChI is InChI=1S/C16H29N3O/c1-11(15(20)18-13-6-4-5-7-13)19-10-12-8-17-9-14(12)16(19,2)3/h11-14,17H,4-10H2,1-3H3,(H,18,20). The lowest BCUT2D eigenvalue weighted by atomic mass is 9.84. The molecule has 1 amide bonds. The molecule has 2 heterocycles. The van der Waals surface area contributed by atoms with E-state index >= 15 is 0 Å². The summed E-state index contributed by atoms with van der Waals surface area (Å²) in [5.41, 5.74) is 0.126. The SMILES string of the molecule is CC(C(=O)NC1CCCC1)N1CC2CNCC2C1(C)C. The van der Waals surface area contributed by atoms with Crippen molar-refractivity contribution < 1.29 is 4.79 Å². The molecule has 4 heteroatoms. The van der Waals surface area contributed by atoms with E-state index in [0.29, 0.717) is 17.9 Å². The topological polar surface area (TPSA) is 44.4 Å². The Labute approximate surface area is 122 Å². The van der Waals surface area contributed by atoms with Gasteiger partial charge in [-0.3, -0.25) is 9.69 Å². The Hall–Kier alpha value is -0.610. The number of carbonyl (C=O) groups is 1. The number of rotatable bonds is 3. The first-order valence-electron chi connectivity index (χ1n) is 8.28. The van der Waals surface area contributed by atoms with E-state index in [1.807, 2.05) is 0 Å². The van der Waals surface area contributed by atoms with Gasteiger partial charge < -0.3 is 10.6 Å². The Morgan fingerprint density at radius 1 is 1.30 bits per heavy atom. The predicted octanol–water partition coefficient (Wildman–Crippen LogP) is 1.36. The smallest absolute Gasteiger partial charge is 0.237 e. The van der Waals surface area contributed by atoms with Crippen molar-refractivity contribution in [1.82, 2.24) is 15.5 Å². The molecular weight excluding hydrogens is 250 g/mol. The maximum absolute atomic E-state index is 12.5. The molecule has 2 saturated heterocycles. The van der Waals surface area contributed by atoms with Crippen molar-refractivity contribution in [2.45, 2.75) is 64.1 Å². The summed E-state index contributed by atoms with van der Waals surface area (Å²) in [6, 6.07) is 0.424. The van der Waals surface area contributed by atoms with Gasteiger partial charge in [-0.05, 0) is 52.0 Å². The van der Waals surface area contributed by atoms with Crippen LogP contribution in [-0.2, 0) is 4.79 Å². The monoisotopic (exact) mass is 279 g/mol. The molecule has 3 aliphatic rings. The lowest BCUT2D eigenvalue weighted by Gasteiger charge is -2.39. The van der Waals surface area contributed by atoms with Crippen LogP contribution in [-0.4, -0.2) is 48.1 Å². The van der Waals surface area contributed by atoms with E-state index in [9.17, 15) is 4.79 Å². The molecule has 0 aromatic carbocycles. The molecule has 1 saturated carbocycles. The van der Waals surface area contributed by atoms with E-state index in [0.717, 1.165) is 32.5 Å². The molecule has 3 atom stereocenters. The van der Waals surface area contributed by atoms with Gasteiger partial charge in [0.05, 0.1) is 6.04 Å². The van der Waals surface area contributed by atoms with Crippen LogP contribution in [0.4, 0.5) is 0 Å². The minimum atomic E-state index is -0.00352. The van der Waals surface area contributed by atoms with Crippen LogP contribution in [0.5, 0.6) is 0 Å². The number of carbonyl (C=O) groups excluding carboxylic acids is 1. The van der Waals surface area contributed by atoms with Gasteiger partial charge >= 0.3 is 0 Å². The molecule has 3 fully saturated rings. The highest BCUT2D eigenvalue weighted by molar-refractivity contribution is 5.81. The lowest BCUT2D eigenvalue weighted by molar-refractivity contribution is -0.128. The summed E-state index contributed by atoms with van der Waals surface area (Å²) in [5.74, 6) is 1.63. The normalized spacial score (nSPS) is 35.1. The summed E-state index contributed by atoms with van der Waals surface area (Å²) in [6.07, 6.45) is 4.86.